The van der Waals surface area contributed by atoms with Gasteiger partial charge in [-0.3, -0.25) is 14.6 Å². The van der Waals surface area contributed by atoms with Crippen molar-refractivity contribution in [1.82, 2.24) is 9.88 Å². The second kappa shape index (κ2) is 8.81. The summed E-state index contributed by atoms with van der Waals surface area (Å²) < 4.78 is 0. The van der Waals surface area contributed by atoms with Crippen LogP contribution in [-0.4, -0.2) is 34.8 Å². The van der Waals surface area contributed by atoms with E-state index in [-0.39, 0.29) is 17.7 Å². The maximum Gasteiger partial charge on any atom is 0.253 e. The van der Waals surface area contributed by atoms with Crippen LogP contribution in [-0.2, 0) is 16.6 Å². The maximum absolute atomic E-state index is 13.6. The molecule has 33 heavy (non-hydrogen) atoms. The Balaban J connectivity index is 1.47. The summed E-state index contributed by atoms with van der Waals surface area (Å²) in [5, 5.41) is 4.31. The number of likely N-dealkylation sites (tertiary alicyclic amines) is 1. The lowest BCUT2D eigenvalue weighted by atomic mass is 9.64. The highest BCUT2D eigenvalue weighted by atomic mass is 35.5. The smallest absolute Gasteiger partial charge is 0.253 e. The third-order valence-electron chi connectivity index (χ3n) is 6.89. The zero-order chi connectivity index (χ0) is 23.0. The van der Waals surface area contributed by atoms with Gasteiger partial charge in [0.1, 0.15) is 0 Å². The van der Waals surface area contributed by atoms with Crippen LogP contribution in [0, 0.1) is 5.92 Å². The van der Waals surface area contributed by atoms with Crippen molar-refractivity contribution in [2.24, 2.45) is 5.92 Å². The number of fused-ring (bicyclic) bond motifs is 1. The van der Waals surface area contributed by atoms with E-state index in [0.29, 0.717) is 35.1 Å². The number of hydrogen-bond donors (Lipinski definition) is 1. The molecular weight excluding hydrogens is 457 g/mol. The quantitative estimate of drug-likeness (QED) is 0.546. The second-order valence-electron chi connectivity index (χ2n) is 8.72. The minimum Gasteiger partial charge on any atom is -0.339 e. The lowest BCUT2D eigenvalue weighted by Crippen LogP contribution is -2.49. The Morgan fingerprint density at radius 2 is 1.76 bits per heavy atom. The summed E-state index contributed by atoms with van der Waals surface area (Å²) in [5.41, 5.74) is 2.64. The van der Waals surface area contributed by atoms with Gasteiger partial charge in [-0.15, -0.1) is 0 Å². The van der Waals surface area contributed by atoms with Crippen LogP contribution >= 0.6 is 23.2 Å². The van der Waals surface area contributed by atoms with Crippen molar-refractivity contribution < 1.29 is 9.59 Å². The number of carbonyl (C=O) groups excluding carboxylic acids is 2. The lowest BCUT2D eigenvalue weighted by molar-refractivity contribution is -0.123. The molecule has 7 heteroatoms. The fourth-order valence-corrected chi connectivity index (χ4v) is 5.70. The predicted molar refractivity (Wildman–Crippen MR) is 130 cm³/mol. The highest BCUT2D eigenvalue weighted by molar-refractivity contribution is 6.31. The van der Waals surface area contributed by atoms with E-state index in [2.05, 4.69) is 10.3 Å². The molecule has 1 atom stereocenters. The summed E-state index contributed by atoms with van der Waals surface area (Å²) in [6.07, 6.45) is 5.26. The number of hydrogen-bond acceptors (Lipinski definition) is 3. The molecule has 0 bridgehead atoms. The summed E-state index contributed by atoms with van der Waals surface area (Å²) in [7, 11) is 0. The Morgan fingerprint density at radius 3 is 2.48 bits per heavy atom. The summed E-state index contributed by atoms with van der Waals surface area (Å²) in [6.45, 7) is 1.19. The Bertz CT molecular complexity index is 1210. The summed E-state index contributed by atoms with van der Waals surface area (Å²) >= 11 is 12.5. The fourth-order valence-electron chi connectivity index (χ4n) is 5.31. The standard InChI is InChI=1S/C26H23Cl2N3O2/c27-20-3-1-2-17(14-20)16-26(22-5-4-21(28)15-23(22)30-25(26)33)19-8-12-31(13-9-19)24(32)18-6-10-29-11-7-18/h1-7,10-11,14-15,19H,8-9,12-13,16H2,(H,30,33). The molecule has 2 aliphatic heterocycles. The van der Waals surface area contributed by atoms with Gasteiger partial charge in [-0.1, -0.05) is 41.4 Å². The van der Waals surface area contributed by atoms with Crippen LogP contribution in [0.25, 0.3) is 0 Å². The van der Waals surface area contributed by atoms with Gasteiger partial charge >= 0.3 is 0 Å². The molecule has 0 spiro atoms. The number of benzene rings is 2. The van der Waals surface area contributed by atoms with Gasteiger partial charge in [-0.2, -0.15) is 0 Å². The average molecular weight is 480 g/mol. The summed E-state index contributed by atoms with van der Waals surface area (Å²) in [5.74, 6) is 0.0573. The van der Waals surface area contributed by atoms with Gasteiger partial charge < -0.3 is 10.2 Å². The number of carbonyl (C=O) groups is 2. The number of aromatic nitrogens is 1. The van der Waals surface area contributed by atoms with Crippen molar-refractivity contribution in [3.63, 3.8) is 0 Å². The van der Waals surface area contributed by atoms with E-state index in [0.717, 1.165) is 29.7 Å². The van der Waals surface area contributed by atoms with Crippen molar-refractivity contribution in [2.75, 3.05) is 18.4 Å². The molecule has 3 heterocycles. The first-order valence-electron chi connectivity index (χ1n) is 11.0. The number of anilines is 1. The lowest BCUT2D eigenvalue weighted by Gasteiger charge is -2.41. The van der Waals surface area contributed by atoms with Crippen LogP contribution in [0.1, 0.15) is 34.3 Å². The molecule has 3 aromatic rings. The summed E-state index contributed by atoms with van der Waals surface area (Å²) in [4.78, 5) is 32.4. The van der Waals surface area contributed by atoms with Gasteiger partial charge in [0.25, 0.3) is 5.91 Å². The third kappa shape index (κ3) is 4.00. The topological polar surface area (TPSA) is 62.3 Å². The minimum absolute atomic E-state index is 0.00259. The van der Waals surface area contributed by atoms with Crippen molar-refractivity contribution in [3.8, 4) is 0 Å². The van der Waals surface area contributed by atoms with Crippen LogP contribution < -0.4 is 5.32 Å². The average Bonchev–Trinajstić information content (AvgIpc) is 3.10. The number of amides is 2. The van der Waals surface area contributed by atoms with E-state index in [1.807, 2.05) is 47.4 Å². The van der Waals surface area contributed by atoms with Crippen LogP contribution in [0.3, 0.4) is 0 Å². The van der Waals surface area contributed by atoms with E-state index in [1.165, 1.54) is 0 Å². The van der Waals surface area contributed by atoms with Gasteiger partial charge in [0, 0.05) is 46.8 Å². The third-order valence-corrected chi connectivity index (χ3v) is 7.36. The molecule has 5 rings (SSSR count). The molecular formula is C26H23Cl2N3O2. The largest absolute Gasteiger partial charge is 0.339 e. The van der Waals surface area contributed by atoms with Crippen molar-refractivity contribution in [1.29, 1.82) is 0 Å². The first-order chi connectivity index (χ1) is 16.0. The minimum atomic E-state index is -0.740. The highest BCUT2D eigenvalue weighted by Crippen LogP contribution is 2.49. The molecule has 5 nitrogen and oxygen atoms in total. The van der Waals surface area contributed by atoms with Crippen molar-refractivity contribution in [3.05, 3.63) is 93.7 Å². The van der Waals surface area contributed by atoms with Crippen LogP contribution in [0.15, 0.2) is 67.0 Å². The van der Waals surface area contributed by atoms with E-state index in [4.69, 9.17) is 23.2 Å². The number of rotatable bonds is 4. The highest BCUT2D eigenvalue weighted by Gasteiger charge is 2.52. The monoisotopic (exact) mass is 479 g/mol. The van der Waals surface area contributed by atoms with E-state index in [9.17, 15) is 9.59 Å². The molecule has 0 aliphatic carbocycles. The Hall–Kier alpha value is -2.89. The molecule has 1 N–H and O–H groups in total. The molecule has 1 aromatic heterocycles. The molecule has 168 valence electrons. The zero-order valence-electron chi connectivity index (χ0n) is 17.9. The van der Waals surface area contributed by atoms with Crippen molar-refractivity contribution >= 4 is 40.7 Å². The van der Waals surface area contributed by atoms with E-state index in [1.54, 1.807) is 24.5 Å². The molecule has 0 radical (unpaired) electrons. The first-order valence-corrected chi connectivity index (χ1v) is 11.8. The van der Waals surface area contributed by atoms with Gasteiger partial charge in [-0.05, 0) is 72.7 Å². The maximum atomic E-state index is 13.6. The molecule has 1 saturated heterocycles. The van der Waals surface area contributed by atoms with Gasteiger partial charge in [-0.25, -0.2) is 0 Å². The van der Waals surface area contributed by atoms with Gasteiger partial charge in [0.05, 0.1) is 5.41 Å². The molecule has 0 saturated carbocycles. The van der Waals surface area contributed by atoms with Gasteiger partial charge in [0.15, 0.2) is 0 Å². The van der Waals surface area contributed by atoms with E-state index >= 15 is 0 Å². The Labute approximate surface area is 202 Å². The predicted octanol–water partition coefficient (Wildman–Crippen LogP) is 5.37. The number of piperidine rings is 1. The van der Waals surface area contributed by atoms with Gasteiger partial charge in [0.2, 0.25) is 5.91 Å². The Morgan fingerprint density at radius 1 is 1.03 bits per heavy atom. The molecule has 1 unspecified atom stereocenters. The SMILES string of the molecule is O=C(c1ccncc1)N1CCC(C2(Cc3cccc(Cl)c3)C(=O)Nc3cc(Cl)ccc32)CC1. The zero-order valence-corrected chi connectivity index (χ0v) is 19.4. The van der Waals surface area contributed by atoms with Crippen LogP contribution in [0.2, 0.25) is 10.0 Å². The number of nitrogens with zero attached hydrogens (tertiary/aromatic N) is 2. The first kappa shape index (κ1) is 21.9. The summed E-state index contributed by atoms with van der Waals surface area (Å²) in [6, 6.07) is 16.8. The molecule has 2 amide bonds. The number of halogens is 2. The van der Waals surface area contributed by atoms with Crippen molar-refractivity contribution in [2.45, 2.75) is 24.7 Å². The second-order valence-corrected chi connectivity index (χ2v) is 9.60. The number of pyridine rings is 1. The Kier molecular flexibility index (Phi) is 5.85. The van der Waals surface area contributed by atoms with E-state index < -0.39 is 5.41 Å². The normalized spacial score (nSPS) is 20.4. The fraction of sp³-hybridized carbons (Fsp3) is 0.269. The molecule has 2 aromatic carbocycles. The number of nitrogens with one attached hydrogen (secondary N) is 1. The van der Waals surface area contributed by atoms with Crippen LogP contribution in [0.4, 0.5) is 5.69 Å². The molecule has 2 aliphatic rings. The van der Waals surface area contributed by atoms with Crippen LogP contribution in [0.5, 0.6) is 0 Å². The molecule has 1 fully saturated rings.